The maximum atomic E-state index is 13.2. The molecule has 2 aliphatic rings. The van der Waals surface area contributed by atoms with Crippen LogP contribution in [0.4, 0.5) is 4.79 Å². The molecule has 1 N–H and O–H groups in total. The van der Waals surface area contributed by atoms with Gasteiger partial charge < -0.3 is 19.9 Å². The molecule has 7 nitrogen and oxygen atoms in total. The van der Waals surface area contributed by atoms with Crippen LogP contribution < -0.4 is 5.32 Å². The smallest absolute Gasteiger partial charge is 0.409 e. The van der Waals surface area contributed by atoms with E-state index in [1.54, 1.807) is 16.7 Å². The molecule has 1 atom stereocenters. The third-order valence-electron chi connectivity index (χ3n) is 5.82. The molecule has 3 amide bonds. The summed E-state index contributed by atoms with van der Waals surface area (Å²) in [5, 5.41) is 3.14. The van der Waals surface area contributed by atoms with Crippen molar-refractivity contribution < 1.29 is 19.1 Å². The van der Waals surface area contributed by atoms with Gasteiger partial charge in [-0.1, -0.05) is 38.1 Å². The van der Waals surface area contributed by atoms with Crippen LogP contribution in [0.2, 0.25) is 0 Å². The van der Waals surface area contributed by atoms with Crippen molar-refractivity contribution in [3.63, 3.8) is 0 Å². The van der Waals surface area contributed by atoms with Crippen LogP contribution in [-0.4, -0.2) is 59.5 Å². The first kappa shape index (κ1) is 22.1. The second-order valence-electron chi connectivity index (χ2n) is 8.58. The Bertz CT molecular complexity index is 771. The van der Waals surface area contributed by atoms with Crippen molar-refractivity contribution in [2.45, 2.75) is 65.1 Å². The van der Waals surface area contributed by atoms with Crippen LogP contribution in [-0.2, 0) is 27.3 Å². The van der Waals surface area contributed by atoms with Crippen molar-refractivity contribution in [2.75, 3.05) is 19.7 Å². The maximum absolute atomic E-state index is 13.2. The quantitative estimate of drug-likeness (QED) is 0.802. The molecular formula is C23H33N3O4. The van der Waals surface area contributed by atoms with Crippen molar-refractivity contribution in [1.82, 2.24) is 15.1 Å². The van der Waals surface area contributed by atoms with E-state index >= 15 is 0 Å². The fourth-order valence-electron chi connectivity index (χ4n) is 4.20. The molecule has 3 rings (SSSR count). The molecule has 1 unspecified atom stereocenters. The molecule has 1 aromatic carbocycles. The first-order valence-electron chi connectivity index (χ1n) is 11.0. The number of carbonyl (C=O) groups excluding carboxylic acids is 3. The van der Waals surface area contributed by atoms with Crippen molar-refractivity contribution >= 4 is 17.9 Å². The minimum Gasteiger partial charge on any atom is -0.450 e. The molecule has 164 valence electrons. The number of piperidine rings is 1. The normalized spacial score (nSPS) is 19.4. The lowest BCUT2D eigenvalue weighted by molar-refractivity contribution is -0.142. The Morgan fingerprint density at radius 1 is 1.13 bits per heavy atom. The Kier molecular flexibility index (Phi) is 7.34. The molecule has 0 aliphatic carbocycles. The number of hydrogen-bond acceptors (Lipinski definition) is 4. The number of nitrogens with zero attached hydrogens (tertiary/aromatic N) is 2. The second-order valence-corrected chi connectivity index (χ2v) is 8.58. The van der Waals surface area contributed by atoms with Crippen molar-refractivity contribution in [2.24, 2.45) is 5.92 Å². The van der Waals surface area contributed by atoms with Crippen LogP contribution in [0.1, 0.15) is 51.2 Å². The summed E-state index contributed by atoms with van der Waals surface area (Å²) in [4.78, 5) is 41.4. The zero-order valence-electron chi connectivity index (χ0n) is 18.2. The predicted octanol–water partition coefficient (Wildman–Crippen LogP) is 2.72. The zero-order valence-corrected chi connectivity index (χ0v) is 18.2. The van der Waals surface area contributed by atoms with Gasteiger partial charge in [0, 0.05) is 38.5 Å². The molecule has 1 saturated heterocycles. The fraction of sp³-hybridized carbons (Fsp3) is 0.609. The Labute approximate surface area is 178 Å². The number of ether oxygens (including phenoxy) is 1. The van der Waals surface area contributed by atoms with Gasteiger partial charge in [-0.25, -0.2) is 4.79 Å². The van der Waals surface area contributed by atoms with Gasteiger partial charge in [0.05, 0.1) is 6.61 Å². The SMILES string of the molecule is CCOC(=O)N1CCC(NC(=O)C2Cc3ccccc3CN2C(=O)CC(C)C)CC1. The number of rotatable bonds is 5. The summed E-state index contributed by atoms with van der Waals surface area (Å²) in [6.07, 6.45) is 2.05. The second kappa shape index (κ2) is 9.96. The van der Waals surface area contributed by atoms with Gasteiger partial charge in [0.2, 0.25) is 11.8 Å². The number of hydrogen-bond donors (Lipinski definition) is 1. The highest BCUT2D eigenvalue weighted by molar-refractivity contribution is 5.88. The van der Waals surface area contributed by atoms with Crippen LogP contribution in [0, 0.1) is 5.92 Å². The Morgan fingerprint density at radius 3 is 2.43 bits per heavy atom. The standard InChI is InChI=1S/C23H33N3O4/c1-4-30-23(29)25-11-9-19(10-12-25)24-22(28)20-14-17-7-5-6-8-18(17)15-26(20)21(27)13-16(2)3/h5-8,16,19-20H,4,9-15H2,1-3H3,(H,24,28). The van der Waals surface area contributed by atoms with E-state index < -0.39 is 6.04 Å². The van der Waals surface area contributed by atoms with Gasteiger partial charge in [0.1, 0.15) is 6.04 Å². The summed E-state index contributed by atoms with van der Waals surface area (Å²) < 4.78 is 5.05. The van der Waals surface area contributed by atoms with Crippen LogP contribution in [0.3, 0.4) is 0 Å². The largest absolute Gasteiger partial charge is 0.450 e. The number of benzene rings is 1. The summed E-state index contributed by atoms with van der Waals surface area (Å²) in [5.74, 6) is 0.165. The molecule has 2 aliphatic heterocycles. The average molecular weight is 416 g/mol. The lowest BCUT2D eigenvalue weighted by atomic mass is 9.92. The van der Waals surface area contributed by atoms with Crippen molar-refractivity contribution in [1.29, 1.82) is 0 Å². The summed E-state index contributed by atoms with van der Waals surface area (Å²) in [7, 11) is 0. The van der Waals surface area contributed by atoms with Crippen LogP contribution in [0.5, 0.6) is 0 Å². The highest BCUT2D eigenvalue weighted by atomic mass is 16.6. The predicted molar refractivity (Wildman–Crippen MR) is 114 cm³/mol. The average Bonchev–Trinajstić information content (AvgIpc) is 2.73. The Hall–Kier alpha value is -2.57. The van der Waals surface area contributed by atoms with Gasteiger partial charge in [0.25, 0.3) is 0 Å². The number of amides is 3. The van der Waals surface area contributed by atoms with Gasteiger partial charge in [-0.15, -0.1) is 0 Å². The third kappa shape index (κ3) is 5.32. The summed E-state index contributed by atoms with van der Waals surface area (Å²) >= 11 is 0. The molecule has 1 fully saturated rings. The minimum absolute atomic E-state index is 0.00222. The number of fused-ring (bicyclic) bond motifs is 1. The fourth-order valence-corrected chi connectivity index (χ4v) is 4.20. The molecule has 7 heteroatoms. The number of likely N-dealkylation sites (tertiary alicyclic amines) is 1. The molecule has 0 saturated carbocycles. The van der Waals surface area contributed by atoms with Gasteiger partial charge in [-0.05, 0) is 36.8 Å². The topological polar surface area (TPSA) is 79.0 Å². The van der Waals surface area contributed by atoms with Gasteiger partial charge in [-0.3, -0.25) is 9.59 Å². The maximum Gasteiger partial charge on any atom is 0.409 e. The van der Waals surface area contributed by atoms with Gasteiger partial charge in [0.15, 0.2) is 0 Å². The lowest BCUT2D eigenvalue weighted by Crippen LogP contribution is -2.56. The number of carbonyl (C=O) groups is 3. The van der Waals surface area contributed by atoms with Crippen molar-refractivity contribution in [3.05, 3.63) is 35.4 Å². The first-order valence-corrected chi connectivity index (χ1v) is 11.0. The monoisotopic (exact) mass is 415 g/mol. The first-order chi connectivity index (χ1) is 14.4. The van der Waals surface area contributed by atoms with E-state index in [0.29, 0.717) is 51.9 Å². The molecule has 0 aromatic heterocycles. The van der Waals surface area contributed by atoms with E-state index in [-0.39, 0.29) is 29.9 Å². The molecular weight excluding hydrogens is 382 g/mol. The van der Waals surface area contributed by atoms with E-state index in [9.17, 15) is 14.4 Å². The molecule has 0 radical (unpaired) electrons. The summed E-state index contributed by atoms with van der Waals surface area (Å²) in [6, 6.07) is 7.53. The molecule has 1 aromatic rings. The van der Waals surface area contributed by atoms with Crippen molar-refractivity contribution in [3.8, 4) is 0 Å². The summed E-state index contributed by atoms with van der Waals surface area (Å²) in [6.45, 7) is 7.78. The van der Waals surface area contributed by atoms with Crippen LogP contribution >= 0.6 is 0 Å². The van der Waals surface area contributed by atoms with E-state index in [0.717, 1.165) is 11.1 Å². The van der Waals surface area contributed by atoms with E-state index in [2.05, 4.69) is 5.32 Å². The Morgan fingerprint density at radius 2 is 1.80 bits per heavy atom. The molecule has 0 spiro atoms. The van der Waals surface area contributed by atoms with E-state index in [4.69, 9.17) is 4.74 Å². The van der Waals surface area contributed by atoms with Gasteiger partial charge >= 0.3 is 6.09 Å². The Balaban J connectivity index is 1.65. The third-order valence-corrected chi connectivity index (χ3v) is 5.82. The molecule has 30 heavy (non-hydrogen) atoms. The lowest BCUT2D eigenvalue weighted by Gasteiger charge is -2.38. The van der Waals surface area contributed by atoms with Crippen LogP contribution in [0.25, 0.3) is 0 Å². The molecule has 0 bridgehead atoms. The van der Waals surface area contributed by atoms with Crippen LogP contribution in [0.15, 0.2) is 24.3 Å². The summed E-state index contributed by atoms with van der Waals surface area (Å²) in [5.41, 5.74) is 2.24. The zero-order chi connectivity index (χ0) is 21.7. The van der Waals surface area contributed by atoms with E-state index in [1.807, 2.05) is 38.1 Å². The highest BCUT2D eigenvalue weighted by Crippen LogP contribution is 2.25. The number of nitrogens with one attached hydrogen (secondary N) is 1. The van der Waals surface area contributed by atoms with Gasteiger partial charge in [-0.2, -0.15) is 0 Å². The minimum atomic E-state index is -0.491. The van der Waals surface area contributed by atoms with E-state index in [1.165, 1.54) is 0 Å². The highest BCUT2D eigenvalue weighted by Gasteiger charge is 2.36. The molecule has 2 heterocycles.